The fourth-order valence-corrected chi connectivity index (χ4v) is 3.02. The molecule has 1 aromatic carbocycles. The number of benzene rings is 1. The number of nitrogens with one attached hydrogen (secondary N) is 1. The lowest BCUT2D eigenvalue weighted by Crippen LogP contribution is -2.40. The summed E-state index contributed by atoms with van der Waals surface area (Å²) in [5.74, 6) is 0.661. The molecule has 2 heterocycles. The number of ether oxygens (including phenoxy) is 1. The lowest BCUT2D eigenvalue weighted by atomic mass is 10.0. The molecule has 22 heavy (non-hydrogen) atoms. The molecule has 0 saturated carbocycles. The van der Waals surface area contributed by atoms with Crippen LogP contribution in [0.1, 0.15) is 30.4 Å². The van der Waals surface area contributed by atoms with E-state index in [1.165, 1.54) is 12.1 Å². The Bertz CT molecular complexity index is 551. The van der Waals surface area contributed by atoms with E-state index in [2.05, 4.69) is 10.3 Å². The summed E-state index contributed by atoms with van der Waals surface area (Å²) < 4.78 is 44.6. The normalized spacial score (nSPS) is 25.7. The zero-order chi connectivity index (χ0) is 15.6. The van der Waals surface area contributed by atoms with Crippen molar-refractivity contribution in [3.8, 4) is 0 Å². The third kappa shape index (κ3) is 3.43. The van der Waals surface area contributed by atoms with Gasteiger partial charge in [0.15, 0.2) is 0 Å². The smallest absolute Gasteiger partial charge is 0.416 e. The second-order valence-corrected chi connectivity index (χ2v) is 5.79. The molecule has 0 amide bonds. The average Bonchev–Trinajstić information content (AvgIpc) is 2.96. The predicted octanol–water partition coefficient (Wildman–Crippen LogP) is 3.19. The van der Waals surface area contributed by atoms with Crippen LogP contribution in [0.4, 0.5) is 13.2 Å². The fraction of sp³-hybridized carbons (Fsp3) is 0.562. The Labute approximate surface area is 127 Å². The zero-order valence-corrected chi connectivity index (χ0v) is 12.2. The van der Waals surface area contributed by atoms with Gasteiger partial charge in [-0.3, -0.25) is 0 Å². The van der Waals surface area contributed by atoms with E-state index in [9.17, 15) is 13.2 Å². The molecule has 3 nitrogen and oxygen atoms in total. The Kier molecular flexibility index (Phi) is 4.38. The predicted molar refractivity (Wildman–Crippen MR) is 78.0 cm³/mol. The number of halogens is 3. The van der Waals surface area contributed by atoms with Gasteiger partial charge in [-0.15, -0.1) is 0 Å². The molecule has 120 valence electrons. The monoisotopic (exact) mass is 312 g/mol. The second-order valence-electron chi connectivity index (χ2n) is 5.79. The maximum Gasteiger partial charge on any atom is 0.416 e. The topological polar surface area (TPSA) is 33.6 Å². The van der Waals surface area contributed by atoms with Crippen molar-refractivity contribution in [3.63, 3.8) is 0 Å². The van der Waals surface area contributed by atoms with Crippen molar-refractivity contribution in [3.05, 3.63) is 35.4 Å². The standard InChI is InChI=1S/C16H19F3N2O/c17-16(18,19)13-6-2-1-5-11(13)9-12-10-22-15(21-12)14-7-3-4-8-20-14/h1-2,5-6,12,14,20H,3-4,7-10H2. The highest BCUT2D eigenvalue weighted by molar-refractivity contribution is 5.83. The van der Waals surface area contributed by atoms with Crippen LogP contribution in [0.5, 0.6) is 0 Å². The lowest BCUT2D eigenvalue weighted by molar-refractivity contribution is -0.138. The van der Waals surface area contributed by atoms with Crippen molar-refractivity contribution < 1.29 is 17.9 Å². The van der Waals surface area contributed by atoms with Crippen LogP contribution < -0.4 is 5.32 Å². The van der Waals surface area contributed by atoms with E-state index < -0.39 is 11.7 Å². The van der Waals surface area contributed by atoms with Gasteiger partial charge < -0.3 is 10.1 Å². The first kappa shape index (κ1) is 15.3. The molecule has 1 saturated heterocycles. The van der Waals surface area contributed by atoms with Crippen LogP contribution in [-0.4, -0.2) is 31.1 Å². The van der Waals surface area contributed by atoms with Gasteiger partial charge >= 0.3 is 6.18 Å². The molecular formula is C16H19F3N2O. The molecule has 0 radical (unpaired) electrons. The fourth-order valence-electron chi connectivity index (χ4n) is 3.02. The average molecular weight is 312 g/mol. The molecule has 3 rings (SSSR count). The van der Waals surface area contributed by atoms with Crippen LogP contribution in [0.25, 0.3) is 0 Å². The van der Waals surface area contributed by atoms with Gasteiger partial charge in [0.25, 0.3) is 0 Å². The van der Waals surface area contributed by atoms with Gasteiger partial charge in [-0.05, 0) is 37.4 Å². The summed E-state index contributed by atoms with van der Waals surface area (Å²) in [6, 6.07) is 5.58. The summed E-state index contributed by atoms with van der Waals surface area (Å²) in [5, 5.41) is 3.35. The van der Waals surface area contributed by atoms with Crippen molar-refractivity contribution in [2.75, 3.05) is 13.2 Å². The van der Waals surface area contributed by atoms with Gasteiger partial charge in [0.1, 0.15) is 6.61 Å². The minimum absolute atomic E-state index is 0.122. The maximum atomic E-state index is 13.0. The highest BCUT2D eigenvalue weighted by Crippen LogP contribution is 2.33. The van der Waals surface area contributed by atoms with Crippen LogP contribution >= 0.6 is 0 Å². The third-order valence-electron chi connectivity index (χ3n) is 4.12. The Morgan fingerprint density at radius 3 is 2.77 bits per heavy atom. The molecule has 0 spiro atoms. The first-order valence-electron chi connectivity index (χ1n) is 7.63. The van der Waals surface area contributed by atoms with Gasteiger partial charge in [0.2, 0.25) is 5.90 Å². The van der Waals surface area contributed by atoms with Crippen molar-refractivity contribution in [1.29, 1.82) is 0 Å². The molecule has 2 aliphatic rings. The van der Waals surface area contributed by atoms with Gasteiger partial charge in [0, 0.05) is 0 Å². The molecule has 0 bridgehead atoms. The molecule has 2 unspecified atom stereocenters. The molecule has 6 heteroatoms. The van der Waals surface area contributed by atoms with Crippen molar-refractivity contribution >= 4 is 5.90 Å². The van der Waals surface area contributed by atoms with E-state index >= 15 is 0 Å². The minimum Gasteiger partial charge on any atom is -0.478 e. The van der Waals surface area contributed by atoms with Crippen LogP contribution in [-0.2, 0) is 17.3 Å². The first-order chi connectivity index (χ1) is 10.5. The third-order valence-corrected chi connectivity index (χ3v) is 4.12. The summed E-state index contributed by atoms with van der Waals surface area (Å²) in [4.78, 5) is 4.49. The number of aliphatic imine (C=N–C) groups is 1. The maximum absolute atomic E-state index is 13.0. The Hall–Kier alpha value is -1.56. The summed E-state index contributed by atoms with van der Waals surface area (Å²) in [7, 11) is 0. The summed E-state index contributed by atoms with van der Waals surface area (Å²) in [6.45, 7) is 1.30. The van der Waals surface area contributed by atoms with Crippen LogP contribution in [0.15, 0.2) is 29.3 Å². The van der Waals surface area contributed by atoms with Crippen LogP contribution in [0.2, 0.25) is 0 Å². The second kappa shape index (κ2) is 6.28. The SMILES string of the molecule is FC(F)(F)c1ccccc1CC1COC(C2CCCCN2)=N1. The number of nitrogens with zero attached hydrogens (tertiary/aromatic N) is 1. The number of hydrogen-bond donors (Lipinski definition) is 1. The number of hydrogen-bond acceptors (Lipinski definition) is 3. The van der Waals surface area contributed by atoms with E-state index in [0.29, 0.717) is 12.5 Å². The number of alkyl halides is 3. The highest BCUT2D eigenvalue weighted by Gasteiger charge is 2.34. The highest BCUT2D eigenvalue weighted by atomic mass is 19.4. The lowest BCUT2D eigenvalue weighted by Gasteiger charge is -2.22. The van der Waals surface area contributed by atoms with E-state index in [1.54, 1.807) is 6.07 Å². The van der Waals surface area contributed by atoms with E-state index in [4.69, 9.17) is 4.74 Å². The van der Waals surface area contributed by atoms with Gasteiger partial charge in [0.05, 0.1) is 17.6 Å². The van der Waals surface area contributed by atoms with Gasteiger partial charge in [-0.25, -0.2) is 4.99 Å². The number of piperidine rings is 1. The Balaban J connectivity index is 1.71. The molecule has 0 aliphatic carbocycles. The van der Waals surface area contributed by atoms with Crippen LogP contribution in [0.3, 0.4) is 0 Å². The first-order valence-corrected chi connectivity index (χ1v) is 7.63. The molecule has 1 N–H and O–H groups in total. The van der Waals surface area contributed by atoms with Crippen molar-refractivity contribution in [2.45, 2.75) is 43.9 Å². The largest absolute Gasteiger partial charge is 0.478 e. The molecule has 1 aromatic rings. The zero-order valence-electron chi connectivity index (χ0n) is 12.2. The minimum atomic E-state index is -4.33. The van der Waals surface area contributed by atoms with Gasteiger partial charge in [-0.1, -0.05) is 24.6 Å². The quantitative estimate of drug-likeness (QED) is 0.930. The van der Waals surface area contributed by atoms with Crippen molar-refractivity contribution in [1.82, 2.24) is 5.32 Å². The van der Waals surface area contributed by atoms with Crippen LogP contribution in [0, 0.1) is 0 Å². The van der Waals surface area contributed by atoms with Crippen molar-refractivity contribution in [2.24, 2.45) is 4.99 Å². The summed E-state index contributed by atoms with van der Waals surface area (Å²) >= 11 is 0. The molecule has 1 fully saturated rings. The summed E-state index contributed by atoms with van der Waals surface area (Å²) in [6.07, 6.45) is -0.822. The number of rotatable bonds is 3. The molecule has 2 aliphatic heterocycles. The molecular weight excluding hydrogens is 293 g/mol. The Morgan fingerprint density at radius 1 is 1.23 bits per heavy atom. The van der Waals surface area contributed by atoms with E-state index in [1.807, 2.05) is 0 Å². The molecule has 0 aromatic heterocycles. The molecule has 2 atom stereocenters. The van der Waals surface area contributed by atoms with Gasteiger partial charge in [-0.2, -0.15) is 13.2 Å². The Morgan fingerprint density at radius 2 is 2.05 bits per heavy atom. The van der Waals surface area contributed by atoms with E-state index in [0.717, 1.165) is 31.9 Å². The summed E-state index contributed by atoms with van der Waals surface area (Å²) in [5.41, 5.74) is -0.292. The van der Waals surface area contributed by atoms with E-state index in [-0.39, 0.29) is 24.1 Å².